The van der Waals surface area contributed by atoms with Crippen molar-refractivity contribution in [2.75, 3.05) is 13.1 Å². The molecule has 0 saturated carbocycles. The molecular weight excluding hydrogens is 296 g/mol. The summed E-state index contributed by atoms with van der Waals surface area (Å²) in [5.41, 5.74) is 1.22. The molecule has 1 amide bonds. The van der Waals surface area contributed by atoms with Crippen LogP contribution in [0.4, 0.5) is 0 Å². The first-order valence-electron chi connectivity index (χ1n) is 8.12. The Kier molecular flexibility index (Phi) is 5.87. The molecule has 0 spiro atoms. The van der Waals surface area contributed by atoms with Crippen molar-refractivity contribution >= 4 is 17.5 Å². The molecule has 1 fully saturated rings. The lowest BCUT2D eigenvalue weighted by Crippen LogP contribution is -2.48. The maximum Gasteiger partial charge on any atom is 0.223 e. The van der Waals surface area contributed by atoms with Gasteiger partial charge in [-0.1, -0.05) is 44.5 Å². The average Bonchev–Trinajstić information content (AvgIpc) is 2.48. The molecular formula is C18H27ClN2O. The molecule has 1 aromatic carbocycles. The molecule has 1 unspecified atom stereocenters. The summed E-state index contributed by atoms with van der Waals surface area (Å²) in [7, 11) is 0. The van der Waals surface area contributed by atoms with Crippen LogP contribution in [0.3, 0.4) is 0 Å². The van der Waals surface area contributed by atoms with Crippen LogP contribution in [0.1, 0.15) is 39.2 Å². The summed E-state index contributed by atoms with van der Waals surface area (Å²) in [6, 6.07) is 8.02. The van der Waals surface area contributed by atoms with Crippen molar-refractivity contribution in [2.45, 2.75) is 46.1 Å². The predicted octanol–water partition coefficient (Wildman–Crippen LogP) is 3.41. The number of benzene rings is 1. The van der Waals surface area contributed by atoms with Gasteiger partial charge in [-0.2, -0.15) is 0 Å². The van der Waals surface area contributed by atoms with Gasteiger partial charge in [0.25, 0.3) is 0 Å². The van der Waals surface area contributed by atoms with E-state index < -0.39 is 0 Å². The van der Waals surface area contributed by atoms with Crippen molar-refractivity contribution in [2.24, 2.45) is 11.3 Å². The van der Waals surface area contributed by atoms with Gasteiger partial charge >= 0.3 is 0 Å². The summed E-state index contributed by atoms with van der Waals surface area (Å²) >= 11 is 5.95. The van der Waals surface area contributed by atoms with Crippen LogP contribution in [0.5, 0.6) is 0 Å². The number of carbonyl (C=O) groups is 1. The third-order valence-corrected chi connectivity index (χ3v) is 4.68. The molecule has 0 radical (unpaired) electrons. The van der Waals surface area contributed by atoms with Gasteiger partial charge in [-0.15, -0.1) is 0 Å². The molecule has 1 heterocycles. The maximum absolute atomic E-state index is 12.5. The SMILES string of the molecule is CC(C)(C)C(Cc1ccc(Cl)cc1)NC(=O)C1CCNCC1. The lowest BCUT2D eigenvalue weighted by atomic mass is 9.82. The first-order chi connectivity index (χ1) is 10.4. The van der Waals surface area contributed by atoms with Crippen LogP contribution < -0.4 is 10.6 Å². The Labute approximate surface area is 138 Å². The summed E-state index contributed by atoms with van der Waals surface area (Å²) in [4.78, 5) is 12.5. The number of carbonyl (C=O) groups excluding carboxylic acids is 1. The third kappa shape index (κ3) is 4.99. The number of hydrogen-bond acceptors (Lipinski definition) is 2. The average molecular weight is 323 g/mol. The van der Waals surface area contributed by atoms with Crippen LogP contribution in [0.15, 0.2) is 24.3 Å². The molecule has 122 valence electrons. The minimum Gasteiger partial charge on any atom is -0.352 e. The van der Waals surface area contributed by atoms with E-state index in [1.807, 2.05) is 24.3 Å². The van der Waals surface area contributed by atoms with Gasteiger partial charge in [0.1, 0.15) is 0 Å². The number of hydrogen-bond donors (Lipinski definition) is 2. The molecule has 3 nitrogen and oxygen atoms in total. The second-order valence-corrected chi connectivity index (χ2v) is 7.72. The number of nitrogens with one attached hydrogen (secondary N) is 2. The van der Waals surface area contributed by atoms with Crippen molar-refractivity contribution in [1.29, 1.82) is 0 Å². The Morgan fingerprint density at radius 3 is 2.41 bits per heavy atom. The van der Waals surface area contributed by atoms with E-state index in [1.54, 1.807) is 0 Å². The van der Waals surface area contributed by atoms with Crippen LogP contribution in [0.25, 0.3) is 0 Å². The highest BCUT2D eigenvalue weighted by molar-refractivity contribution is 6.30. The first-order valence-corrected chi connectivity index (χ1v) is 8.49. The fraction of sp³-hybridized carbons (Fsp3) is 0.611. The minimum atomic E-state index is 0.0161. The van der Waals surface area contributed by atoms with E-state index in [1.165, 1.54) is 5.56 Å². The molecule has 1 aliphatic heterocycles. The molecule has 2 N–H and O–H groups in total. The van der Waals surface area contributed by atoms with Gasteiger partial charge in [-0.25, -0.2) is 0 Å². The lowest BCUT2D eigenvalue weighted by Gasteiger charge is -2.34. The highest BCUT2D eigenvalue weighted by Gasteiger charge is 2.29. The van der Waals surface area contributed by atoms with E-state index in [9.17, 15) is 4.79 Å². The fourth-order valence-electron chi connectivity index (χ4n) is 2.80. The van der Waals surface area contributed by atoms with Crippen LogP contribution in [-0.2, 0) is 11.2 Å². The van der Waals surface area contributed by atoms with E-state index in [-0.39, 0.29) is 23.3 Å². The summed E-state index contributed by atoms with van der Waals surface area (Å²) in [5.74, 6) is 0.353. The van der Waals surface area contributed by atoms with Gasteiger partial charge < -0.3 is 10.6 Å². The van der Waals surface area contributed by atoms with E-state index in [0.29, 0.717) is 0 Å². The van der Waals surface area contributed by atoms with E-state index >= 15 is 0 Å². The summed E-state index contributed by atoms with van der Waals surface area (Å²) < 4.78 is 0. The van der Waals surface area contributed by atoms with Crippen LogP contribution in [-0.4, -0.2) is 25.0 Å². The lowest BCUT2D eigenvalue weighted by molar-refractivity contribution is -0.127. The van der Waals surface area contributed by atoms with Gasteiger partial charge in [0.2, 0.25) is 5.91 Å². The molecule has 0 bridgehead atoms. The standard InChI is InChI=1S/C18H27ClN2O/c1-18(2,3)16(12-13-4-6-15(19)7-5-13)21-17(22)14-8-10-20-11-9-14/h4-7,14,16,20H,8-12H2,1-3H3,(H,21,22). The van der Waals surface area contributed by atoms with Crippen LogP contribution >= 0.6 is 11.6 Å². The maximum atomic E-state index is 12.5. The van der Waals surface area contributed by atoms with Crippen LogP contribution in [0, 0.1) is 11.3 Å². The monoisotopic (exact) mass is 322 g/mol. The van der Waals surface area contributed by atoms with E-state index in [0.717, 1.165) is 37.4 Å². The number of amides is 1. The summed E-state index contributed by atoms with van der Waals surface area (Å²) in [6.07, 6.45) is 2.70. The molecule has 0 aliphatic carbocycles. The zero-order valence-corrected chi connectivity index (χ0v) is 14.5. The zero-order valence-electron chi connectivity index (χ0n) is 13.8. The predicted molar refractivity (Wildman–Crippen MR) is 92.1 cm³/mol. The number of halogens is 1. The van der Waals surface area contributed by atoms with Crippen molar-refractivity contribution in [1.82, 2.24) is 10.6 Å². The van der Waals surface area contributed by atoms with Crippen molar-refractivity contribution < 1.29 is 4.79 Å². The number of piperidine rings is 1. The summed E-state index contributed by atoms with van der Waals surface area (Å²) in [5, 5.41) is 7.34. The molecule has 4 heteroatoms. The Bertz CT molecular complexity index is 487. The molecule has 1 aliphatic rings. The molecule has 2 rings (SSSR count). The Balaban J connectivity index is 2.02. The number of rotatable bonds is 4. The topological polar surface area (TPSA) is 41.1 Å². The molecule has 1 saturated heterocycles. The van der Waals surface area contributed by atoms with E-state index in [2.05, 4.69) is 31.4 Å². The molecule has 1 aromatic rings. The molecule has 1 atom stereocenters. The smallest absolute Gasteiger partial charge is 0.223 e. The zero-order chi connectivity index (χ0) is 16.2. The second kappa shape index (κ2) is 7.47. The Morgan fingerprint density at radius 1 is 1.27 bits per heavy atom. The van der Waals surface area contributed by atoms with Gasteiger partial charge in [0, 0.05) is 17.0 Å². The third-order valence-electron chi connectivity index (χ3n) is 4.42. The van der Waals surface area contributed by atoms with Gasteiger partial charge in [0.15, 0.2) is 0 Å². The minimum absolute atomic E-state index is 0.0161. The Morgan fingerprint density at radius 2 is 1.86 bits per heavy atom. The molecule has 22 heavy (non-hydrogen) atoms. The normalized spacial score (nSPS) is 18.0. The second-order valence-electron chi connectivity index (χ2n) is 7.28. The molecule has 0 aromatic heterocycles. The van der Waals surface area contributed by atoms with Gasteiger partial charge in [-0.3, -0.25) is 4.79 Å². The first kappa shape index (κ1) is 17.3. The van der Waals surface area contributed by atoms with Gasteiger partial charge in [0.05, 0.1) is 0 Å². The van der Waals surface area contributed by atoms with Crippen LogP contribution in [0.2, 0.25) is 5.02 Å². The van der Waals surface area contributed by atoms with Crippen molar-refractivity contribution in [3.63, 3.8) is 0 Å². The van der Waals surface area contributed by atoms with E-state index in [4.69, 9.17) is 11.6 Å². The largest absolute Gasteiger partial charge is 0.352 e. The Hall–Kier alpha value is -1.06. The van der Waals surface area contributed by atoms with Gasteiger partial charge in [-0.05, 0) is 55.5 Å². The summed E-state index contributed by atoms with van der Waals surface area (Å²) in [6.45, 7) is 8.41. The quantitative estimate of drug-likeness (QED) is 0.892. The van der Waals surface area contributed by atoms with Crippen molar-refractivity contribution in [3.05, 3.63) is 34.9 Å². The fourth-order valence-corrected chi connectivity index (χ4v) is 2.93. The van der Waals surface area contributed by atoms with Crippen molar-refractivity contribution in [3.8, 4) is 0 Å². The highest BCUT2D eigenvalue weighted by Crippen LogP contribution is 2.24. The highest BCUT2D eigenvalue weighted by atomic mass is 35.5.